The number of hydrogen-bond donors (Lipinski definition) is 2. The molecular formula is C29H32N2O6. The van der Waals surface area contributed by atoms with Crippen LogP contribution in [0.15, 0.2) is 66.7 Å². The molecule has 0 aliphatic carbocycles. The lowest BCUT2D eigenvalue weighted by Gasteiger charge is -2.32. The number of aromatic hydroxyl groups is 1. The number of fused-ring (bicyclic) bond motifs is 1. The van der Waals surface area contributed by atoms with E-state index in [0.717, 1.165) is 11.1 Å². The number of carbonyl (C=O) groups excluding carboxylic acids is 2. The highest BCUT2D eigenvalue weighted by Crippen LogP contribution is 2.34. The fraction of sp³-hybridized carbons (Fsp3) is 0.310. The molecule has 0 spiro atoms. The van der Waals surface area contributed by atoms with Crippen LogP contribution in [-0.2, 0) is 16.1 Å². The van der Waals surface area contributed by atoms with Gasteiger partial charge in [-0.2, -0.15) is 0 Å². The normalized spacial score (nSPS) is 12.7. The summed E-state index contributed by atoms with van der Waals surface area (Å²) in [5.41, 5.74) is 2.57. The van der Waals surface area contributed by atoms with Gasteiger partial charge in [0.15, 0.2) is 11.5 Å². The average Bonchev–Trinajstić information content (AvgIpc) is 3.37. The monoisotopic (exact) mass is 504 g/mol. The van der Waals surface area contributed by atoms with Crippen molar-refractivity contribution in [2.45, 2.75) is 32.9 Å². The quantitative estimate of drug-likeness (QED) is 0.377. The lowest BCUT2D eigenvalue weighted by Crippen LogP contribution is -2.43. The minimum atomic E-state index is -0.940. The van der Waals surface area contributed by atoms with Crippen LogP contribution in [0.3, 0.4) is 0 Å². The van der Waals surface area contributed by atoms with Crippen molar-refractivity contribution in [3.63, 3.8) is 0 Å². The highest BCUT2D eigenvalue weighted by atomic mass is 16.7. The number of rotatable bonds is 11. The molecule has 1 aliphatic heterocycles. The van der Waals surface area contributed by atoms with Gasteiger partial charge in [-0.3, -0.25) is 9.59 Å². The molecule has 3 aromatic rings. The first kappa shape index (κ1) is 26.0. The number of phenols is 1. The molecular weight excluding hydrogens is 472 g/mol. The summed E-state index contributed by atoms with van der Waals surface area (Å²) in [6, 6.07) is 18.4. The topological polar surface area (TPSA) is 97.3 Å². The number of para-hydroxylation sites is 1. The van der Waals surface area contributed by atoms with Crippen molar-refractivity contribution < 1.29 is 28.9 Å². The number of phenolic OH excluding ortho intramolecular Hbond substituents is 1. The van der Waals surface area contributed by atoms with Gasteiger partial charge in [0.05, 0.1) is 5.56 Å². The van der Waals surface area contributed by atoms with Gasteiger partial charge in [-0.15, -0.1) is 0 Å². The van der Waals surface area contributed by atoms with Crippen molar-refractivity contribution in [3.05, 3.63) is 89.0 Å². The lowest BCUT2D eigenvalue weighted by molar-refractivity contribution is -0.126. The summed E-state index contributed by atoms with van der Waals surface area (Å²) < 4.78 is 16.3. The van der Waals surface area contributed by atoms with Gasteiger partial charge in [-0.25, -0.2) is 0 Å². The molecule has 194 valence electrons. The van der Waals surface area contributed by atoms with Gasteiger partial charge in [0.1, 0.15) is 11.8 Å². The Bertz CT molecular complexity index is 1230. The van der Waals surface area contributed by atoms with E-state index in [0.29, 0.717) is 43.2 Å². The van der Waals surface area contributed by atoms with Gasteiger partial charge >= 0.3 is 0 Å². The molecule has 3 aromatic carbocycles. The standard InChI is InChI=1S/C29H32N2O6/c1-3-35-16-6-15-30-28(33)27(22-12-9-20(2)10-13-22)31(29(34)23-7-4-5-8-24(23)32)18-21-11-14-25-26(17-21)37-19-36-25/h4-5,7-14,17,27,32H,3,6,15-16,18-19H2,1-2H3,(H,30,33)/t27-/m0/s1. The second-order valence-electron chi connectivity index (χ2n) is 8.79. The molecule has 0 saturated carbocycles. The van der Waals surface area contributed by atoms with E-state index in [1.165, 1.54) is 11.0 Å². The smallest absolute Gasteiger partial charge is 0.258 e. The van der Waals surface area contributed by atoms with Gasteiger partial charge < -0.3 is 29.5 Å². The molecule has 0 radical (unpaired) electrons. The van der Waals surface area contributed by atoms with E-state index in [2.05, 4.69) is 5.32 Å². The maximum atomic E-state index is 13.9. The third-order valence-electron chi connectivity index (χ3n) is 6.11. The Morgan fingerprint density at radius 3 is 2.57 bits per heavy atom. The molecule has 2 N–H and O–H groups in total. The first-order chi connectivity index (χ1) is 18.0. The molecule has 0 aromatic heterocycles. The van der Waals surface area contributed by atoms with E-state index in [4.69, 9.17) is 14.2 Å². The van der Waals surface area contributed by atoms with Crippen LogP contribution in [0.5, 0.6) is 17.2 Å². The van der Waals surface area contributed by atoms with E-state index < -0.39 is 11.9 Å². The molecule has 2 amide bonds. The van der Waals surface area contributed by atoms with Crippen molar-refractivity contribution in [1.82, 2.24) is 10.2 Å². The molecule has 0 fully saturated rings. The van der Waals surface area contributed by atoms with E-state index >= 15 is 0 Å². The van der Waals surface area contributed by atoms with Crippen LogP contribution >= 0.6 is 0 Å². The molecule has 1 aliphatic rings. The zero-order chi connectivity index (χ0) is 26.2. The van der Waals surface area contributed by atoms with Crippen LogP contribution in [0.4, 0.5) is 0 Å². The molecule has 8 heteroatoms. The SMILES string of the molecule is CCOCCCNC(=O)[C@H](c1ccc(C)cc1)N(Cc1ccc2c(c1)OCO2)C(=O)c1ccccc1O. The third-order valence-corrected chi connectivity index (χ3v) is 6.11. The first-order valence-corrected chi connectivity index (χ1v) is 12.4. The summed E-state index contributed by atoms with van der Waals surface area (Å²) >= 11 is 0. The molecule has 37 heavy (non-hydrogen) atoms. The Balaban J connectivity index is 1.71. The number of nitrogens with one attached hydrogen (secondary N) is 1. The lowest BCUT2D eigenvalue weighted by atomic mass is 10.00. The molecule has 4 rings (SSSR count). The molecule has 8 nitrogen and oxygen atoms in total. The third kappa shape index (κ3) is 6.40. The van der Waals surface area contributed by atoms with Crippen molar-refractivity contribution in [1.29, 1.82) is 0 Å². The van der Waals surface area contributed by atoms with E-state index in [1.807, 2.05) is 44.2 Å². The van der Waals surface area contributed by atoms with Gasteiger partial charge in [-0.05, 0) is 55.7 Å². The van der Waals surface area contributed by atoms with Gasteiger partial charge in [0, 0.05) is 26.3 Å². The zero-order valence-corrected chi connectivity index (χ0v) is 21.1. The number of aryl methyl sites for hydroxylation is 1. The average molecular weight is 505 g/mol. The second-order valence-corrected chi connectivity index (χ2v) is 8.79. The van der Waals surface area contributed by atoms with Crippen LogP contribution in [-0.4, -0.2) is 48.4 Å². The number of amides is 2. The predicted molar refractivity (Wildman–Crippen MR) is 139 cm³/mol. The summed E-state index contributed by atoms with van der Waals surface area (Å²) in [5, 5.41) is 13.4. The fourth-order valence-corrected chi connectivity index (χ4v) is 4.17. The number of ether oxygens (including phenoxy) is 3. The summed E-state index contributed by atoms with van der Waals surface area (Å²) in [5.74, 6) is 0.280. The van der Waals surface area contributed by atoms with Gasteiger partial charge in [0.2, 0.25) is 12.7 Å². The van der Waals surface area contributed by atoms with Crippen molar-refractivity contribution in [2.24, 2.45) is 0 Å². The highest BCUT2D eigenvalue weighted by Gasteiger charge is 2.33. The Morgan fingerprint density at radius 2 is 1.81 bits per heavy atom. The minimum Gasteiger partial charge on any atom is -0.507 e. The van der Waals surface area contributed by atoms with Crippen LogP contribution in [0.25, 0.3) is 0 Å². The summed E-state index contributed by atoms with van der Waals surface area (Å²) in [7, 11) is 0. The Labute approximate surface area is 216 Å². The van der Waals surface area contributed by atoms with Crippen molar-refractivity contribution >= 4 is 11.8 Å². The van der Waals surface area contributed by atoms with Gasteiger partial charge in [0.25, 0.3) is 5.91 Å². The van der Waals surface area contributed by atoms with Crippen LogP contribution in [0.2, 0.25) is 0 Å². The first-order valence-electron chi connectivity index (χ1n) is 12.4. The highest BCUT2D eigenvalue weighted by molar-refractivity contribution is 5.99. The maximum absolute atomic E-state index is 13.9. The van der Waals surface area contributed by atoms with Crippen LogP contribution in [0, 0.1) is 6.92 Å². The maximum Gasteiger partial charge on any atom is 0.258 e. The zero-order valence-electron chi connectivity index (χ0n) is 21.1. The number of nitrogens with zero attached hydrogens (tertiary/aromatic N) is 1. The van der Waals surface area contributed by atoms with Crippen molar-refractivity contribution in [3.8, 4) is 17.2 Å². The van der Waals surface area contributed by atoms with Crippen LogP contribution < -0.4 is 14.8 Å². The Hall–Kier alpha value is -4.04. The van der Waals surface area contributed by atoms with Crippen molar-refractivity contribution in [2.75, 3.05) is 26.6 Å². The van der Waals surface area contributed by atoms with E-state index in [1.54, 1.807) is 30.3 Å². The van der Waals surface area contributed by atoms with Crippen LogP contribution in [0.1, 0.15) is 46.4 Å². The van der Waals surface area contributed by atoms with E-state index in [-0.39, 0.29) is 30.6 Å². The number of carbonyl (C=O) groups is 2. The number of benzene rings is 3. The van der Waals surface area contributed by atoms with Gasteiger partial charge in [-0.1, -0.05) is 48.0 Å². The van der Waals surface area contributed by atoms with E-state index in [9.17, 15) is 14.7 Å². The molecule has 1 heterocycles. The molecule has 0 unspecified atom stereocenters. The molecule has 0 saturated heterocycles. The Morgan fingerprint density at radius 1 is 1.05 bits per heavy atom. The largest absolute Gasteiger partial charge is 0.507 e. The Kier molecular flexibility index (Phi) is 8.64. The second kappa shape index (κ2) is 12.3. The fourth-order valence-electron chi connectivity index (χ4n) is 4.17. The minimum absolute atomic E-state index is 0.106. The summed E-state index contributed by atoms with van der Waals surface area (Å²) in [6.45, 7) is 5.67. The number of hydrogen-bond acceptors (Lipinski definition) is 6. The summed E-state index contributed by atoms with van der Waals surface area (Å²) in [4.78, 5) is 29.0. The summed E-state index contributed by atoms with van der Waals surface area (Å²) in [6.07, 6.45) is 0.649. The molecule has 0 bridgehead atoms. The molecule has 1 atom stereocenters. The predicted octanol–water partition coefficient (Wildman–Crippen LogP) is 4.36.